The number of carboxylic acids is 1. The van der Waals surface area contributed by atoms with Gasteiger partial charge in [0.15, 0.2) is 15.1 Å². The molecule has 0 radical (unpaired) electrons. The van der Waals surface area contributed by atoms with Crippen LogP contribution in [0.4, 0.5) is 0 Å². The van der Waals surface area contributed by atoms with Gasteiger partial charge in [0.1, 0.15) is 0 Å². The number of benzene rings is 2. The van der Waals surface area contributed by atoms with Crippen LogP contribution in [0.2, 0.25) is 0 Å². The Labute approximate surface area is 173 Å². The number of halogens is 1. The van der Waals surface area contributed by atoms with Gasteiger partial charge in [0.2, 0.25) is 0 Å². The summed E-state index contributed by atoms with van der Waals surface area (Å²) >= 11 is 3.24. The molecule has 28 heavy (non-hydrogen) atoms. The Morgan fingerprint density at radius 2 is 1.79 bits per heavy atom. The van der Waals surface area contributed by atoms with Crippen molar-refractivity contribution in [2.45, 2.75) is 23.7 Å². The van der Waals surface area contributed by atoms with Crippen LogP contribution < -0.4 is 5.73 Å². The highest BCUT2D eigenvalue weighted by Gasteiger charge is 2.40. The molecular weight excluding hydrogens is 446 g/mol. The number of sulfone groups is 1. The Morgan fingerprint density at radius 1 is 1.18 bits per heavy atom. The first-order chi connectivity index (χ1) is 13.2. The molecule has 2 atom stereocenters. The third-order valence-electron chi connectivity index (χ3n) is 4.01. The van der Waals surface area contributed by atoms with E-state index in [0.29, 0.717) is 10.2 Å². The van der Waals surface area contributed by atoms with Crippen molar-refractivity contribution in [2.75, 3.05) is 6.61 Å². The van der Waals surface area contributed by atoms with Crippen LogP contribution in [-0.4, -0.2) is 31.4 Å². The standard InChI is InChI=1S/C20H22BrNO5S/c1-14(22)11-16(13-27-12-15-5-3-2-4-6-15)19(20(23)24)28(25,26)18-9-7-17(21)8-10-18/h2-11,16,19H,12-13,22H2,1H3,(H,23,24). The second-order valence-electron chi connectivity index (χ2n) is 6.33. The lowest BCUT2D eigenvalue weighted by molar-refractivity contribution is -0.137. The minimum atomic E-state index is -4.16. The molecule has 0 saturated carbocycles. The number of carboxylic acid groups (broad SMARTS) is 1. The van der Waals surface area contributed by atoms with Crippen LogP contribution in [0.25, 0.3) is 0 Å². The maximum absolute atomic E-state index is 13.0. The summed E-state index contributed by atoms with van der Waals surface area (Å²) in [6, 6.07) is 15.2. The number of ether oxygens (including phenoxy) is 1. The van der Waals surface area contributed by atoms with Crippen molar-refractivity contribution in [1.29, 1.82) is 0 Å². The molecule has 6 nitrogen and oxygen atoms in total. The summed E-state index contributed by atoms with van der Waals surface area (Å²) in [5, 5.41) is 7.99. The Balaban J connectivity index is 2.29. The van der Waals surface area contributed by atoms with E-state index in [4.69, 9.17) is 10.5 Å². The second-order valence-corrected chi connectivity index (χ2v) is 9.32. The van der Waals surface area contributed by atoms with Crippen molar-refractivity contribution in [2.24, 2.45) is 11.7 Å². The van der Waals surface area contributed by atoms with E-state index in [-0.39, 0.29) is 18.1 Å². The van der Waals surface area contributed by atoms with Gasteiger partial charge in [-0.2, -0.15) is 0 Å². The lowest BCUT2D eigenvalue weighted by atomic mass is 10.0. The van der Waals surface area contributed by atoms with E-state index in [1.165, 1.54) is 18.2 Å². The van der Waals surface area contributed by atoms with E-state index in [9.17, 15) is 18.3 Å². The molecule has 0 aliphatic rings. The molecule has 0 aromatic heterocycles. The summed E-state index contributed by atoms with van der Waals surface area (Å²) in [6.07, 6.45) is 1.43. The number of carbonyl (C=O) groups is 1. The van der Waals surface area contributed by atoms with Gasteiger partial charge in [0.05, 0.1) is 18.1 Å². The largest absolute Gasteiger partial charge is 0.480 e. The summed E-state index contributed by atoms with van der Waals surface area (Å²) < 4.78 is 32.4. The number of rotatable bonds is 9. The predicted molar refractivity (Wildman–Crippen MR) is 110 cm³/mol. The van der Waals surface area contributed by atoms with Gasteiger partial charge in [-0.05, 0) is 36.8 Å². The highest BCUT2D eigenvalue weighted by molar-refractivity contribution is 9.10. The van der Waals surface area contributed by atoms with Crippen molar-refractivity contribution in [3.8, 4) is 0 Å². The van der Waals surface area contributed by atoms with Crippen LogP contribution in [0.5, 0.6) is 0 Å². The molecule has 3 N–H and O–H groups in total. The third-order valence-corrected chi connectivity index (χ3v) is 6.69. The lowest BCUT2D eigenvalue weighted by Gasteiger charge is -2.22. The molecule has 0 aliphatic carbocycles. The van der Waals surface area contributed by atoms with Crippen molar-refractivity contribution in [3.63, 3.8) is 0 Å². The van der Waals surface area contributed by atoms with E-state index in [1.807, 2.05) is 30.3 Å². The average molecular weight is 468 g/mol. The molecule has 0 saturated heterocycles. The molecule has 0 amide bonds. The van der Waals surface area contributed by atoms with Gasteiger partial charge in [-0.25, -0.2) is 8.42 Å². The zero-order valence-electron chi connectivity index (χ0n) is 15.3. The first-order valence-corrected chi connectivity index (χ1v) is 10.8. The van der Waals surface area contributed by atoms with Crippen LogP contribution in [-0.2, 0) is 26.0 Å². The Morgan fingerprint density at radius 3 is 2.32 bits per heavy atom. The minimum absolute atomic E-state index is 0.0702. The Kier molecular flexibility index (Phi) is 7.79. The molecular formula is C20H22BrNO5S. The molecule has 0 bridgehead atoms. The van der Waals surface area contributed by atoms with Gasteiger partial charge in [-0.15, -0.1) is 0 Å². The fourth-order valence-electron chi connectivity index (χ4n) is 2.76. The second kappa shape index (κ2) is 9.86. The SMILES string of the molecule is CC(N)=CC(COCc1ccccc1)C(C(=O)O)S(=O)(=O)c1ccc(Br)cc1. The van der Waals surface area contributed by atoms with Crippen LogP contribution >= 0.6 is 15.9 Å². The first-order valence-electron chi connectivity index (χ1n) is 8.49. The maximum Gasteiger partial charge on any atom is 0.322 e. The first kappa shape index (κ1) is 22.1. The van der Waals surface area contributed by atoms with Crippen molar-refractivity contribution in [3.05, 3.63) is 76.4 Å². The molecule has 2 unspecified atom stereocenters. The predicted octanol–water partition coefficient (Wildman–Crippen LogP) is 3.37. The molecule has 0 spiro atoms. The van der Waals surface area contributed by atoms with Crippen molar-refractivity contribution in [1.82, 2.24) is 0 Å². The van der Waals surface area contributed by atoms with Crippen LogP contribution in [0.3, 0.4) is 0 Å². The number of hydrogen-bond donors (Lipinski definition) is 2. The molecule has 8 heteroatoms. The zero-order valence-corrected chi connectivity index (χ0v) is 17.7. The van der Waals surface area contributed by atoms with E-state index in [2.05, 4.69) is 15.9 Å². The quantitative estimate of drug-likeness (QED) is 0.585. The number of nitrogens with two attached hydrogens (primary N) is 1. The van der Waals surface area contributed by atoms with Crippen LogP contribution in [0, 0.1) is 5.92 Å². The number of allylic oxidation sites excluding steroid dienone is 1. The molecule has 0 heterocycles. The van der Waals surface area contributed by atoms with Crippen molar-refractivity contribution >= 4 is 31.7 Å². The van der Waals surface area contributed by atoms with Gasteiger partial charge in [-0.1, -0.05) is 52.3 Å². The lowest BCUT2D eigenvalue weighted by Crippen LogP contribution is -2.39. The van der Waals surface area contributed by atoms with Gasteiger partial charge in [0, 0.05) is 16.1 Å². The summed E-state index contributed by atoms with van der Waals surface area (Å²) in [7, 11) is -4.16. The molecule has 2 aromatic rings. The molecule has 2 rings (SSSR count). The van der Waals surface area contributed by atoms with E-state index >= 15 is 0 Å². The van der Waals surface area contributed by atoms with E-state index < -0.39 is 27.0 Å². The van der Waals surface area contributed by atoms with E-state index in [0.717, 1.165) is 5.56 Å². The monoisotopic (exact) mass is 467 g/mol. The van der Waals surface area contributed by atoms with Crippen molar-refractivity contribution < 1.29 is 23.1 Å². The van der Waals surface area contributed by atoms with Crippen LogP contribution in [0.15, 0.2) is 75.7 Å². The Hall–Kier alpha value is -2.16. The third kappa shape index (κ3) is 5.92. The topological polar surface area (TPSA) is 107 Å². The fourth-order valence-corrected chi connectivity index (χ4v) is 4.72. The summed E-state index contributed by atoms with van der Waals surface area (Å²) in [5.74, 6) is -2.39. The summed E-state index contributed by atoms with van der Waals surface area (Å²) in [4.78, 5) is 11.9. The normalized spacial score (nSPS) is 14.4. The number of hydrogen-bond acceptors (Lipinski definition) is 5. The fraction of sp³-hybridized carbons (Fsp3) is 0.250. The molecule has 150 valence electrons. The molecule has 0 fully saturated rings. The summed E-state index contributed by atoms with van der Waals surface area (Å²) in [6.45, 7) is 1.71. The minimum Gasteiger partial charge on any atom is -0.480 e. The van der Waals surface area contributed by atoms with Gasteiger partial charge < -0.3 is 15.6 Å². The van der Waals surface area contributed by atoms with E-state index in [1.54, 1.807) is 19.1 Å². The smallest absolute Gasteiger partial charge is 0.322 e. The van der Waals surface area contributed by atoms with Gasteiger partial charge in [-0.3, -0.25) is 4.79 Å². The highest BCUT2D eigenvalue weighted by atomic mass is 79.9. The maximum atomic E-state index is 13.0. The Bertz CT molecular complexity index is 923. The highest BCUT2D eigenvalue weighted by Crippen LogP contribution is 2.26. The zero-order chi connectivity index (χ0) is 20.7. The average Bonchev–Trinajstić information content (AvgIpc) is 2.62. The number of aliphatic carboxylic acids is 1. The van der Waals surface area contributed by atoms with Gasteiger partial charge >= 0.3 is 5.97 Å². The van der Waals surface area contributed by atoms with Gasteiger partial charge in [0.25, 0.3) is 0 Å². The molecule has 0 aliphatic heterocycles. The van der Waals surface area contributed by atoms with Crippen LogP contribution in [0.1, 0.15) is 12.5 Å². The summed E-state index contributed by atoms with van der Waals surface area (Å²) in [5.41, 5.74) is 6.95. The molecule has 2 aromatic carbocycles.